The van der Waals surface area contributed by atoms with E-state index in [9.17, 15) is 22.0 Å². The van der Waals surface area contributed by atoms with E-state index in [0.29, 0.717) is 17.4 Å². The number of halogens is 5. The average Bonchev–Trinajstić information content (AvgIpc) is 2.75. The molecule has 1 aromatic carbocycles. The van der Waals surface area contributed by atoms with Gasteiger partial charge in [-0.25, -0.2) is 8.78 Å². The lowest BCUT2D eigenvalue weighted by atomic mass is 9.60. The Kier molecular flexibility index (Phi) is 7.36. The fourth-order valence-corrected chi connectivity index (χ4v) is 7.04. The second-order valence-corrected chi connectivity index (χ2v) is 10.5. The molecule has 0 radical (unpaired) electrons. The Morgan fingerprint density at radius 1 is 0.781 bits per heavy atom. The van der Waals surface area contributed by atoms with Crippen LogP contribution in [0.2, 0.25) is 0 Å². The molecule has 3 fully saturated rings. The highest BCUT2D eigenvalue weighted by molar-refractivity contribution is 5.33. The maximum Gasteiger partial charge on any atom is 0.573 e. The number of fused-ring (bicyclic) bond motifs is 1. The first-order chi connectivity index (χ1) is 15.2. The molecule has 1 aromatic rings. The lowest BCUT2D eigenvalue weighted by Crippen LogP contribution is -2.34. The minimum atomic E-state index is -5.12. The third kappa shape index (κ3) is 5.59. The summed E-state index contributed by atoms with van der Waals surface area (Å²) in [5.74, 6) is -0.0551. The molecule has 0 amide bonds. The molecule has 0 spiro atoms. The maximum absolute atomic E-state index is 14.2. The largest absolute Gasteiger partial charge is 0.573 e. The van der Waals surface area contributed by atoms with Crippen molar-refractivity contribution < 1.29 is 26.7 Å². The van der Waals surface area contributed by atoms with E-state index >= 15 is 0 Å². The molecule has 3 aliphatic carbocycles. The zero-order valence-electron chi connectivity index (χ0n) is 18.9. The molecule has 0 unspecified atom stereocenters. The number of hydrogen-bond donors (Lipinski definition) is 0. The van der Waals surface area contributed by atoms with Gasteiger partial charge >= 0.3 is 6.36 Å². The van der Waals surface area contributed by atoms with Crippen molar-refractivity contribution in [3.63, 3.8) is 0 Å². The monoisotopic (exact) mass is 458 g/mol. The number of rotatable bonds is 5. The van der Waals surface area contributed by atoms with E-state index in [2.05, 4.69) is 11.7 Å². The van der Waals surface area contributed by atoms with Crippen molar-refractivity contribution in [2.45, 2.75) is 96.3 Å². The van der Waals surface area contributed by atoms with Crippen LogP contribution in [0.5, 0.6) is 5.75 Å². The summed E-state index contributed by atoms with van der Waals surface area (Å²) in [6.07, 6.45) is 9.52. The van der Waals surface area contributed by atoms with Gasteiger partial charge in [0.25, 0.3) is 0 Å². The number of alkyl halides is 3. The van der Waals surface area contributed by atoms with Crippen molar-refractivity contribution in [1.29, 1.82) is 0 Å². The number of hydrogen-bond acceptors (Lipinski definition) is 1. The summed E-state index contributed by atoms with van der Waals surface area (Å²) in [6.45, 7) is 2.27. The predicted octanol–water partition coefficient (Wildman–Crippen LogP) is 8.77. The summed E-state index contributed by atoms with van der Waals surface area (Å²) in [6, 6.07) is 2.07. The summed E-state index contributed by atoms with van der Waals surface area (Å²) < 4.78 is 69.1. The molecule has 4 rings (SSSR count). The van der Waals surface area contributed by atoms with E-state index in [1.54, 1.807) is 0 Å². The smallest absolute Gasteiger partial charge is 0.399 e. The Hall–Kier alpha value is -1.33. The Labute approximate surface area is 188 Å². The highest BCUT2D eigenvalue weighted by atomic mass is 19.4. The molecule has 4 atom stereocenters. The van der Waals surface area contributed by atoms with Gasteiger partial charge in [0, 0.05) is 0 Å². The molecule has 0 aliphatic heterocycles. The van der Waals surface area contributed by atoms with Gasteiger partial charge in [0.15, 0.2) is 11.6 Å². The van der Waals surface area contributed by atoms with Crippen LogP contribution < -0.4 is 4.74 Å². The summed E-state index contributed by atoms with van der Waals surface area (Å²) in [5.41, 5.74) is 0.462. The van der Waals surface area contributed by atoms with E-state index in [0.717, 1.165) is 49.1 Å². The van der Waals surface area contributed by atoms with Gasteiger partial charge in [-0.05, 0) is 105 Å². The molecule has 6 heteroatoms. The molecule has 0 aromatic heterocycles. The average molecular weight is 459 g/mol. The van der Waals surface area contributed by atoms with Crippen molar-refractivity contribution in [3.8, 4) is 5.75 Å². The quantitative estimate of drug-likeness (QED) is 0.401. The summed E-state index contributed by atoms with van der Waals surface area (Å²) >= 11 is 0. The van der Waals surface area contributed by atoms with Crippen molar-refractivity contribution in [3.05, 3.63) is 29.3 Å². The minimum Gasteiger partial charge on any atom is -0.399 e. The normalized spacial score (nSPS) is 33.6. The molecule has 0 N–H and O–H groups in total. The van der Waals surface area contributed by atoms with Crippen molar-refractivity contribution in [1.82, 2.24) is 0 Å². The van der Waals surface area contributed by atoms with Crippen LogP contribution >= 0.6 is 0 Å². The molecule has 3 aliphatic rings. The van der Waals surface area contributed by atoms with E-state index in [1.807, 2.05) is 0 Å². The molecular formula is C26H35F5O. The SMILES string of the molecule is CCC[C@H]1CC[C@H]([C@@H]2CC[C@@H]3C[C@H](c4cc(F)c(OC(F)(F)F)c(F)c4)CC[C@@H]3C2)CC1. The molecule has 0 bridgehead atoms. The van der Waals surface area contributed by atoms with Crippen LogP contribution in [-0.2, 0) is 0 Å². The number of benzene rings is 1. The first kappa shape index (κ1) is 23.8. The van der Waals surface area contributed by atoms with Crippen LogP contribution in [0.4, 0.5) is 22.0 Å². The topological polar surface area (TPSA) is 9.23 Å². The van der Waals surface area contributed by atoms with Crippen LogP contribution in [0, 0.1) is 41.2 Å². The lowest BCUT2D eigenvalue weighted by molar-refractivity contribution is -0.276. The summed E-state index contributed by atoms with van der Waals surface area (Å²) in [7, 11) is 0. The molecule has 0 saturated heterocycles. The van der Waals surface area contributed by atoms with Crippen LogP contribution in [0.1, 0.15) is 95.5 Å². The standard InChI is InChI=1S/C26H35F5O/c1-2-3-16-4-6-17(7-5-16)18-8-9-20-13-21(11-10-19(20)12-18)22-14-23(27)25(24(28)15-22)32-26(29,30)31/h14-21H,2-13H2,1H3/t16-,17-,18-,19-,20-,21-/m1/s1. The van der Waals surface area contributed by atoms with Gasteiger partial charge in [-0.1, -0.05) is 32.6 Å². The highest BCUT2D eigenvalue weighted by Crippen LogP contribution is 2.51. The van der Waals surface area contributed by atoms with E-state index in [4.69, 9.17) is 0 Å². The zero-order chi connectivity index (χ0) is 22.9. The summed E-state index contributed by atoms with van der Waals surface area (Å²) in [4.78, 5) is 0. The van der Waals surface area contributed by atoms with E-state index in [-0.39, 0.29) is 5.92 Å². The third-order valence-corrected chi connectivity index (χ3v) is 8.62. The maximum atomic E-state index is 14.2. The number of ether oxygens (including phenoxy) is 1. The molecule has 32 heavy (non-hydrogen) atoms. The fourth-order valence-electron chi connectivity index (χ4n) is 7.04. The molecule has 0 heterocycles. The Morgan fingerprint density at radius 2 is 1.31 bits per heavy atom. The van der Waals surface area contributed by atoms with Crippen molar-refractivity contribution in [2.24, 2.45) is 29.6 Å². The Morgan fingerprint density at radius 3 is 1.91 bits per heavy atom. The Bertz CT molecular complexity index is 745. The molecular weight excluding hydrogens is 423 g/mol. The zero-order valence-corrected chi connectivity index (χ0v) is 18.9. The molecule has 1 nitrogen and oxygen atoms in total. The third-order valence-electron chi connectivity index (χ3n) is 8.62. The fraction of sp³-hybridized carbons (Fsp3) is 0.769. The van der Waals surface area contributed by atoms with Gasteiger partial charge < -0.3 is 4.74 Å². The van der Waals surface area contributed by atoms with Gasteiger partial charge in [0.05, 0.1) is 0 Å². The van der Waals surface area contributed by atoms with Crippen molar-refractivity contribution in [2.75, 3.05) is 0 Å². The van der Waals surface area contributed by atoms with Crippen molar-refractivity contribution >= 4 is 0 Å². The van der Waals surface area contributed by atoms with Gasteiger partial charge in [0.2, 0.25) is 5.75 Å². The highest BCUT2D eigenvalue weighted by Gasteiger charge is 2.40. The van der Waals surface area contributed by atoms with Gasteiger partial charge in [0.1, 0.15) is 0 Å². The second-order valence-electron chi connectivity index (χ2n) is 10.5. The van der Waals surface area contributed by atoms with Gasteiger partial charge in [-0.15, -0.1) is 13.2 Å². The first-order valence-corrected chi connectivity index (χ1v) is 12.5. The van der Waals surface area contributed by atoms with Crippen LogP contribution in [0.3, 0.4) is 0 Å². The van der Waals surface area contributed by atoms with E-state index < -0.39 is 23.7 Å². The van der Waals surface area contributed by atoms with Gasteiger partial charge in [-0.3, -0.25) is 0 Å². The minimum absolute atomic E-state index is 0.00113. The second kappa shape index (κ2) is 9.89. The molecule has 3 saturated carbocycles. The molecule has 180 valence electrons. The summed E-state index contributed by atoms with van der Waals surface area (Å²) in [5, 5.41) is 0. The first-order valence-electron chi connectivity index (χ1n) is 12.5. The Balaban J connectivity index is 1.34. The van der Waals surface area contributed by atoms with E-state index in [1.165, 1.54) is 57.8 Å². The van der Waals surface area contributed by atoms with Gasteiger partial charge in [-0.2, -0.15) is 0 Å². The van der Waals surface area contributed by atoms with Crippen LogP contribution in [-0.4, -0.2) is 6.36 Å². The van der Waals surface area contributed by atoms with Crippen LogP contribution in [0.15, 0.2) is 12.1 Å². The lowest BCUT2D eigenvalue weighted by Gasteiger charge is -2.45. The van der Waals surface area contributed by atoms with Crippen LogP contribution in [0.25, 0.3) is 0 Å². The predicted molar refractivity (Wildman–Crippen MR) is 114 cm³/mol.